The maximum Gasteiger partial charge on any atom is 0.254 e. The van der Waals surface area contributed by atoms with Crippen molar-refractivity contribution in [2.24, 2.45) is 5.92 Å². The van der Waals surface area contributed by atoms with E-state index < -0.39 is 11.7 Å². The van der Waals surface area contributed by atoms with Crippen molar-refractivity contribution in [1.29, 1.82) is 0 Å². The number of phenolic OH excluding ortho intramolecular Hbond substituents is 1. The number of carbonyl (C=O) groups excluding carboxylic acids is 1. The first-order valence-corrected chi connectivity index (χ1v) is 7.03. The number of hydrogen-bond acceptors (Lipinski definition) is 2. The smallest absolute Gasteiger partial charge is 0.254 e. The Labute approximate surface area is 115 Å². The van der Waals surface area contributed by atoms with E-state index >= 15 is 0 Å². The molecule has 1 aromatic rings. The molecule has 0 aromatic heterocycles. The Kier molecular flexibility index (Phi) is 6.12. The van der Waals surface area contributed by atoms with Crippen molar-refractivity contribution in [3.05, 3.63) is 29.6 Å². The van der Waals surface area contributed by atoms with E-state index in [1.165, 1.54) is 12.1 Å². The summed E-state index contributed by atoms with van der Waals surface area (Å²) in [6.07, 6.45) is 1.93. The molecular formula is C13H17BrFNO2. The number of amides is 1. The van der Waals surface area contributed by atoms with Crippen LogP contribution in [0.5, 0.6) is 5.75 Å². The molecule has 1 unspecified atom stereocenters. The predicted molar refractivity (Wildman–Crippen MR) is 72.6 cm³/mol. The molecule has 0 aliphatic carbocycles. The summed E-state index contributed by atoms with van der Waals surface area (Å²) >= 11 is 3.36. The molecule has 0 radical (unpaired) electrons. The van der Waals surface area contributed by atoms with Crippen LogP contribution in [0.2, 0.25) is 0 Å². The van der Waals surface area contributed by atoms with Crippen molar-refractivity contribution < 1.29 is 14.3 Å². The largest absolute Gasteiger partial charge is 0.508 e. The summed E-state index contributed by atoms with van der Waals surface area (Å²) in [6.45, 7) is 2.59. The lowest BCUT2D eigenvalue weighted by Gasteiger charge is -2.14. The molecule has 0 heterocycles. The van der Waals surface area contributed by atoms with Gasteiger partial charge in [0.05, 0.1) is 5.56 Å². The average molecular weight is 318 g/mol. The van der Waals surface area contributed by atoms with Crippen LogP contribution in [-0.2, 0) is 0 Å². The maximum atomic E-state index is 13.4. The third kappa shape index (κ3) is 4.29. The fourth-order valence-electron chi connectivity index (χ4n) is 1.63. The second kappa shape index (κ2) is 7.36. The number of benzene rings is 1. The summed E-state index contributed by atoms with van der Waals surface area (Å²) in [6, 6.07) is 3.52. The Morgan fingerprint density at radius 3 is 2.83 bits per heavy atom. The van der Waals surface area contributed by atoms with Crippen LogP contribution in [0.15, 0.2) is 18.2 Å². The Morgan fingerprint density at radius 2 is 2.28 bits per heavy atom. The molecule has 0 bridgehead atoms. The minimum Gasteiger partial charge on any atom is -0.508 e. The topological polar surface area (TPSA) is 49.3 Å². The molecule has 18 heavy (non-hydrogen) atoms. The SMILES string of the molecule is CCC(CCBr)CNC(=O)c1ccc(O)cc1F. The van der Waals surface area contributed by atoms with Crippen LogP contribution in [0.4, 0.5) is 4.39 Å². The number of alkyl halides is 1. The van der Waals surface area contributed by atoms with E-state index in [0.717, 1.165) is 24.2 Å². The van der Waals surface area contributed by atoms with E-state index in [9.17, 15) is 9.18 Å². The minimum atomic E-state index is -0.707. The van der Waals surface area contributed by atoms with E-state index in [1.807, 2.05) is 0 Å². The first kappa shape index (κ1) is 15.0. The van der Waals surface area contributed by atoms with Crippen LogP contribution in [0.1, 0.15) is 30.1 Å². The molecule has 2 N–H and O–H groups in total. The first-order valence-electron chi connectivity index (χ1n) is 5.91. The Morgan fingerprint density at radius 1 is 1.56 bits per heavy atom. The molecule has 1 rings (SSSR count). The van der Waals surface area contributed by atoms with E-state index in [2.05, 4.69) is 28.2 Å². The molecule has 1 aromatic carbocycles. The molecule has 0 aliphatic heterocycles. The standard InChI is InChI=1S/C13H17BrFNO2/c1-2-9(5-6-14)8-16-13(18)11-4-3-10(17)7-12(11)15/h3-4,7,9,17H,2,5-6,8H2,1H3,(H,16,18). The van der Waals surface area contributed by atoms with Gasteiger partial charge in [0, 0.05) is 17.9 Å². The van der Waals surface area contributed by atoms with Crippen LogP contribution in [-0.4, -0.2) is 22.9 Å². The summed E-state index contributed by atoms with van der Waals surface area (Å²) in [5.74, 6) is -0.954. The van der Waals surface area contributed by atoms with Crippen LogP contribution in [0, 0.1) is 11.7 Å². The third-order valence-electron chi connectivity index (χ3n) is 2.84. The van der Waals surface area contributed by atoms with E-state index in [-0.39, 0.29) is 11.3 Å². The highest BCUT2D eigenvalue weighted by Gasteiger charge is 2.13. The zero-order chi connectivity index (χ0) is 13.5. The summed E-state index contributed by atoms with van der Waals surface area (Å²) < 4.78 is 13.4. The molecule has 0 saturated carbocycles. The van der Waals surface area contributed by atoms with E-state index in [4.69, 9.17) is 5.11 Å². The van der Waals surface area contributed by atoms with Gasteiger partial charge in [-0.3, -0.25) is 4.79 Å². The van der Waals surface area contributed by atoms with Gasteiger partial charge in [0.1, 0.15) is 11.6 Å². The molecule has 1 amide bonds. The lowest BCUT2D eigenvalue weighted by molar-refractivity contribution is 0.0942. The summed E-state index contributed by atoms with van der Waals surface area (Å²) in [4.78, 5) is 11.8. The second-order valence-electron chi connectivity index (χ2n) is 4.13. The van der Waals surface area contributed by atoms with Gasteiger partial charge in [0.15, 0.2) is 0 Å². The second-order valence-corrected chi connectivity index (χ2v) is 4.92. The van der Waals surface area contributed by atoms with Crippen molar-refractivity contribution in [3.63, 3.8) is 0 Å². The Bertz CT molecular complexity index is 412. The van der Waals surface area contributed by atoms with E-state index in [0.29, 0.717) is 12.5 Å². The molecular weight excluding hydrogens is 301 g/mol. The monoisotopic (exact) mass is 317 g/mol. The van der Waals surface area contributed by atoms with Crippen molar-refractivity contribution in [2.75, 3.05) is 11.9 Å². The lowest BCUT2D eigenvalue weighted by Crippen LogP contribution is -2.29. The van der Waals surface area contributed by atoms with Gasteiger partial charge in [-0.05, 0) is 24.5 Å². The maximum absolute atomic E-state index is 13.4. The zero-order valence-electron chi connectivity index (χ0n) is 10.2. The number of aromatic hydroxyl groups is 1. The van der Waals surface area contributed by atoms with Crippen molar-refractivity contribution in [1.82, 2.24) is 5.32 Å². The quantitative estimate of drug-likeness (QED) is 0.792. The number of phenols is 1. The highest BCUT2D eigenvalue weighted by molar-refractivity contribution is 9.09. The van der Waals surface area contributed by atoms with Gasteiger partial charge in [-0.25, -0.2) is 4.39 Å². The fourth-order valence-corrected chi connectivity index (χ4v) is 2.27. The summed E-state index contributed by atoms with van der Waals surface area (Å²) in [7, 11) is 0. The number of nitrogens with one attached hydrogen (secondary N) is 1. The van der Waals surface area contributed by atoms with Crippen LogP contribution < -0.4 is 5.32 Å². The zero-order valence-corrected chi connectivity index (χ0v) is 11.8. The van der Waals surface area contributed by atoms with Gasteiger partial charge in [-0.2, -0.15) is 0 Å². The molecule has 3 nitrogen and oxygen atoms in total. The number of hydrogen-bond donors (Lipinski definition) is 2. The molecule has 0 aliphatic rings. The van der Waals surface area contributed by atoms with Crippen LogP contribution in [0.3, 0.4) is 0 Å². The van der Waals surface area contributed by atoms with Gasteiger partial charge < -0.3 is 10.4 Å². The Balaban J connectivity index is 2.59. The molecule has 0 spiro atoms. The highest BCUT2D eigenvalue weighted by atomic mass is 79.9. The van der Waals surface area contributed by atoms with Crippen molar-refractivity contribution in [3.8, 4) is 5.75 Å². The number of rotatable bonds is 6. The lowest BCUT2D eigenvalue weighted by atomic mass is 10.0. The Hall–Kier alpha value is -1.10. The summed E-state index contributed by atoms with van der Waals surface area (Å²) in [5, 5.41) is 12.7. The fraction of sp³-hybridized carbons (Fsp3) is 0.462. The van der Waals surface area contributed by atoms with Crippen LogP contribution in [0.25, 0.3) is 0 Å². The van der Waals surface area contributed by atoms with Gasteiger partial charge in [0.2, 0.25) is 0 Å². The third-order valence-corrected chi connectivity index (χ3v) is 3.30. The van der Waals surface area contributed by atoms with E-state index in [1.54, 1.807) is 0 Å². The van der Waals surface area contributed by atoms with Crippen LogP contribution >= 0.6 is 15.9 Å². The molecule has 100 valence electrons. The summed E-state index contributed by atoms with van der Waals surface area (Å²) in [5.41, 5.74) is -0.0403. The number of carbonyl (C=O) groups is 1. The normalized spacial score (nSPS) is 12.2. The predicted octanol–water partition coefficient (Wildman–Crippen LogP) is 3.07. The van der Waals surface area contributed by atoms with Gasteiger partial charge in [-0.1, -0.05) is 29.3 Å². The minimum absolute atomic E-state index is 0.0403. The number of halogens is 2. The average Bonchev–Trinajstić information content (AvgIpc) is 2.34. The highest BCUT2D eigenvalue weighted by Crippen LogP contribution is 2.15. The molecule has 0 saturated heterocycles. The molecule has 5 heteroatoms. The first-order chi connectivity index (χ1) is 8.58. The van der Waals surface area contributed by atoms with Gasteiger partial charge >= 0.3 is 0 Å². The molecule has 1 atom stereocenters. The van der Waals surface area contributed by atoms with Gasteiger partial charge in [0.25, 0.3) is 5.91 Å². The molecule has 0 fully saturated rings. The van der Waals surface area contributed by atoms with Crippen molar-refractivity contribution in [2.45, 2.75) is 19.8 Å². The van der Waals surface area contributed by atoms with Crippen molar-refractivity contribution >= 4 is 21.8 Å². The van der Waals surface area contributed by atoms with Gasteiger partial charge in [-0.15, -0.1) is 0 Å².